The molecule has 1 fully saturated rings. The van der Waals surface area contributed by atoms with Crippen LogP contribution in [-0.4, -0.2) is 32.7 Å². The molecular weight excluding hydrogens is 216 g/mol. The number of carbonyl (C=O) groups is 1. The SMILES string of the molecule is CNC(=O)CCCOCC1CCCCC1CN. The van der Waals surface area contributed by atoms with E-state index in [1.165, 1.54) is 25.7 Å². The van der Waals surface area contributed by atoms with Gasteiger partial charge in [-0.2, -0.15) is 0 Å². The van der Waals surface area contributed by atoms with Crippen LogP contribution in [0.25, 0.3) is 0 Å². The Hall–Kier alpha value is -0.610. The number of hydrogen-bond donors (Lipinski definition) is 2. The summed E-state index contributed by atoms with van der Waals surface area (Å²) >= 11 is 0. The highest BCUT2D eigenvalue weighted by Crippen LogP contribution is 2.29. The van der Waals surface area contributed by atoms with Crippen LogP contribution in [0.15, 0.2) is 0 Å². The van der Waals surface area contributed by atoms with Crippen molar-refractivity contribution in [1.29, 1.82) is 0 Å². The van der Waals surface area contributed by atoms with Crippen LogP contribution in [0.5, 0.6) is 0 Å². The number of hydrogen-bond acceptors (Lipinski definition) is 3. The molecule has 0 spiro atoms. The Morgan fingerprint density at radius 2 is 2.06 bits per heavy atom. The molecule has 100 valence electrons. The van der Waals surface area contributed by atoms with Gasteiger partial charge in [0, 0.05) is 26.7 Å². The smallest absolute Gasteiger partial charge is 0.219 e. The van der Waals surface area contributed by atoms with Crippen molar-refractivity contribution < 1.29 is 9.53 Å². The van der Waals surface area contributed by atoms with Gasteiger partial charge in [-0.05, 0) is 37.6 Å². The molecular formula is C13H26N2O2. The minimum absolute atomic E-state index is 0.0890. The molecule has 3 N–H and O–H groups in total. The van der Waals surface area contributed by atoms with E-state index < -0.39 is 0 Å². The van der Waals surface area contributed by atoms with Crippen molar-refractivity contribution in [3.05, 3.63) is 0 Å². The Bertz CT molecular complexity index is 221. The topological polar surface area (TPSA) is 64.3 Å². The Kier molecular flexibility index (Phi) is 7.21. The molecule has 4 heteroatoms. The number of nitrogens with one attached hydrogen (secondary N) is 1. The van der Waals surface area contributed by atoms with E-state index in [0.29, 0.717) is 24.9 Å². The van der Waals surface area contributed by atoms with Gasteiger partial charge in [-0.25, -0.2) is 0 Å². The quantitative estimate of drug-likeness (QED) is 0.661. The Morgan fingerprint density at radius 3 is 2.71 bits per heavy atom. The summed E-state index contributed by atoms with van der Waals surface area (Å²) in [4.78, 5) is 11.0. The maximum absolute atomic E-state index is 11.0. The molecule has 0 aliphatic heterocycles. The minimum atomic E-state index is 0.0890. The zero-order valence-corrected chi connectivity index (χ0v) is 10.9. The molecule has 0 aromatic heterocycles. The third-order valence-corrected chi connectivity index (χ3v) is 3.67. The van der Waals surface area contributed by atoms with Crippen LogP contribution >= 0.6 is 0 Å². The van der Waals surface area contributed by atoms with E-state index in [9.17, 15) is 4.79 Å². The van der Waals surface area contributed by atoms with Crippen molar-refractivity contribution >= 4 is 5.91 Å². The molecule has 0 bridgehead atoms. The summed E-state index contributed by atoms with van der Waals surface area (Å²) in [6.07, 6.45) is 6.49. The second-order valence-corrected chi connectivity index (χ2v) is 4.89. The van der Waals surface area contributed by atoms with Crippen molar-refractivity contribution in [2.45, 2.75) is 38.5 Å². The second kappa shape index (κ2) is 8.48. The summed E-state index contributed by atoms with van der Waals surface area (Å²) in [5, 5.41) is 2.61. The van der Waals surface area contributed by atoms with Gasteiger partial charge in [0.25, 0.3) is 0 Å². The van der Waals surface area contributed by atoms with Gasteiger partial charge in [0.15, 0.2) is 0 Å². The van der Waals surface area contributed by atoms with Crippen LogP contribution in [0, 0.1) is 11.8 Å². The fourth-order valence-electron chi connectivity index (χ4n) is 2.51. The summed E-state index contributed by atoms with van der Waals surface area (Å²) in [7, 11) is 1.66. The molecule has 2 unspecified atom stereocenters. The van der Waals surface area contributed by atoms with Crippen LogP contribution in [0.3, 0.4) is 0 Å². The van der Waals surface area contributed by atoms with Crippen LogP contribution in [-0.2, 0) is 9.53 Å². The van der Waals surface area contributed by atoms with E-state index in [-0.39, 0.29) is 5.91 Å². The van der Waals surface area contributed by atoms with E-state index in [1.54, 1.807) is 7.05 Å². The standard InChI is InChI=1S/C13H26N2O2/c1-15-13(16)7-4-8-17-10-12-6-3-2-5-11(12)9-14/h11-12H,2-10,14H2,1H3,(H,15,16). The first kappa shape index (κ1) is 14.5. The molecule has 1 amide bonds. The van der Waals surface area contributed by atoms with Crippen LogP contribution < -0.4 is 11.1 Å². The third kappa shape index (κ3) is 5.50. The van der Waals surface area contributed by atoms with Gasteiger partial charge >= 0.3 is 0 Å². The lowest BCUT2D eigenvalue weighted by Gasteiger charge is -2.30. The molecule has 2 atom stereocenters. The molecule has 0 aromatic rings. The van der Waals surface area contributed by atoms with Crippen LogP contribution in [0.4, 0.5) is 0 Å². The Labute approximate surface area is 104 Å². The van der Waals surface area contributed by atoms with Crippen molar-refractivity contribution in [3.63, 3.8) is 0 Å². The Balaban J connectivity index is 2.06. The molecule has 1 saturated carbocycles. The van der Waals surface area contributed by atoms with Crippen LogP contribution in [0.1, 0.15) is 38.5 Å². The van der Waals surface area contributed by atoms with Gasteiger partial charge in [0.1, 0.15) is 0 Å². The molecule has 0 heterocycles. The van der Waals surface area contributed by atoms with E-state index in [0.717, 1.165) is 19.6 Å². The molecule has 1 aliphatic rings. The highest BCUT2D eigenvalue weighted by molar-refractivity contribution is 5.75. The Morgan fingerprint density at radius 1 is 1.35 bits per heavy atom. The van der Waals surface area contributed by atoms with E-state index >= 15 is 0 Å². The van der Waals surface area contributed by atoms with Gasteiger partial charge in [-0.3, -0.25) is 4.79 Å². The van der Waals surface area contributed by atoms with Gasteiger partial charge in [0.05, 0.1) is 0 Å². The van der Waals surface area contributed by atoms with Crippen molar-refractivity contribution in [1.82, 2.24) is 5.32 Å². The van der Waals surface area contributed by atoms with Crippen molar-refractivity contribution in [3.8, 4) is 0 Å². The molecule has 0 saturated heterocycles. The minimum Gasteiger partial charge on any atom is -0.381 e. The zero-order valence-electron chi connectivity index (χ0n) is 10.9. The number of rotatable bonds is 7. The van der Waals surface area contributed by atoms with Crippen LogP contribution in [0.2, 0.25) is 0 Å². The third-order valence-electron chi connectivity index (χ3n) is 3.67. The van der Waals surface area contributed by atoms with Gasteiger partial charge in [-0.1, -0.05) is 12.8 Å². The van der Waals surface area contributed by atoms with Crippen molar-refractivity contribution in [2.24, 2.45) is 17.6 Å². The van der Waals surface area contributed by atoms with Crippen molar-refractivity contribution in [2.75, 3.05) is 26.8 Å². The predicted octanol–water partition coefficient (Wildman–Crippen LogP) is 1.29. The molecule has 1 rings (SSSR count). The highest BCUT2D eigenvalue weighted by atomic mass is 16.5. The lowest BCUT2D eigenvalue weighted by Crippen LogP contribution is -2.30. The number of ether oxygens (including phenoxy) is 1. The maximum atomic E-state index is 11.0. The monoisotopic (exact) mass is 242 g/mol. The summed E-state index contributed by atoms with van der Waals surface area (Å²) in [5.74, 6) is 1.36. The molecule has 17 heavy (non-hydrogen) atoms. The molecule has 0 aromatic carbocycles. The first-order chi connectivity index (χ1) is 8.27. The largest absolute Gasteiger partial charge is 0.381 e. The molecule has 0 radical (unpaired) electrons. The lowest BCUT2D eigenvalue weighted by atomic mass is 9.80. The summed E-state index contributed by atoms with van der Waals surface area (Å²) in [5.41, 5.74) is 5.77. The second-order valence-electron chi connectivity index (χ2n) is 4.89. The maximum Gasteiger partial charge on any atom is 0.219 e. The summed E-state index contributed by atoms with van der Waals surface area (Å²) < 4.78 is 5.66. The van der Waals surface area contributed by atoms with Gasteiger partial charge in [0.2, 0.25) is 5.91 Å². The fourth-order valence-corrected chi connectivity index (χ4v) is 2.51. The van der Waals surface area contributed by atoms with E-state index in [1.807, 2.05) is 0 Å². The van der Waals surface area contributed by atoms with E-state index in [4.69, 9.17) is 10.5 Å². The average Bonchev–Trinajstić information content (AvgIpc) is 2.38. The summed E-state index contributed by atoms with van der Waals surface area (Å²) in [6, 6.07) is 0. The van der Waals surface area contributed by atoms with Gasteiger partial charge in [-0.15, -0.1) is 0 Å². The first-order valence-corrected chi connectivity index (χ1v) is 6.76. The first-order valence-electron chi connectivity index (χ1n) is 6.76. The zero-order chi connectivity index (χ0) is 12.5. The number of carbonyl (C=O) groups excluding carboxylic acids is 1. The highest BCUT2D eigenvalue weighted by Gasteiger charge is 2.23. The lowest BCUT2D eigenvalue weighted by molar-refractivity contribution is -0.121. The number of amides is 1. The summed E-state index contributed by atoms with van der Waals surface area (Å²) in [6.45, 7) is 2.28. The molecule has 4 nitrogen and oxygen atoms in total. The van der Waals surface area contributed by atoms with Gasteiger partial charge < -0.3 is 15.8 Å². The van der Waals surface area contributed by atoms with E-state index in [2.05, 4.69) is 5.32 Å². The predicted molar refractivity (Wildman–Crippen MR) is 68.6 cm³/mol. The normalized spacial score (nSPS) is 24.6. The average molecular weight is 242 g/mol. The fraction of sp³-hybridized carbons (Fsp3) is 0.923. The molecule has 1 aliphatic carbocycles. The number of nitrogens with two attached hydrogens (primary N) is 1.